The Morgan fingerprint density at radius 2 is 2.19 bits per heavy atom. The van der Waals surface area contributed by atoms with E-state index < -0.39 is 0 Å². The third kappa shape index (κ3) is 7.63. The Balaban J connectivity index is 2.33. The largest absolute Gasteiger partial charge is 0.383 e. The van der Waals surface area contributed by atoms with Crippen molar-refractivity contribution in [3.05, 3.63) is 23.9 Å². The maximum Gasteiger partial charge on any atom is 0.234 e. The van der Waals surface area contributed by atoms with E-state index >= 15 is 0 Å². The second-order valence-electron chi connectivity index (χ2n) is 4.99. The fourth-order valence-electron chi connectivity index (χ4n) is 1.84. The highest BCUT2D eigenvalue weighted by atomic mass is 16.5. The van der Waals surface area contributed by atoms with Gasteiger partial charge in [0.2, 0.25) is 5.91 Å². The molecule has 1 heterocycles. The van der Waals surface area contributed by atoms with Gasteiger partial charge in [0.1, 0.15) is 5.82 Å². The summed E-state index contributed by atoms with van der Waals surface area (Å²) in [6, 6.07) is 4.00. The molecule has 0 unspecified atom stereocenters. The first-order valence-corrected chi connectivity index (χ1v) is 7.28. The number of carbonyl (C=O) groups is 1. The maximum atomic E-state index is 11.7. The van der Waals surface area contributed by atoms with Crippen LogP contribution in [0.3, 0.4) is 0 Å². The minimum Gasteiger partial charge on any atom is -0.383 e. The van der Waals surface area contributed by atoms with Gasteiger partial charge in [0.15, 0.2) is 0 Å². The molecule has 0 aliphatic rings. The van der Waals surface area contributed by atoms with Crippen LogP contribution < -0.4 is 10.6 Å². The number of methoxy groups -OCH3 is 1. The zero-order valence-electron chi connectivity index (χ0n) is 13.2. The highest BCUT2D eigenvalue weighted by Crippen LogP contribution is 2.07. The predicted octanol–water partition coefficient (Wildman–Crippen LogP) is 1.10. The number of likely N-dealkylation sites (N-methyl/N-ethyl adjacent to an activating group) is 1. The quantitative estimate of drug-likeness (QED) is 0.633. The molecular formula is C15H26N4O2. The number of carbonyl (C=O) groups excluding carboxylic acids is 1. The van der Waals surface area contributed by atoms with Gasteiger partial charge < -0.3 is 15.4 Å². The second kappa shape index (κ2) is 10.1. The molecule has 0 aliphatic carbocycles. The maximum absolute atomic E-state index is 11.7. The van der Waals surface area contributed by atoms with Crippen LogP contribution >= 0.6 is 0 Å². The third-order valence-corrected chi connectivity index (χ3v) is 2.88. The summed E-state index contributed by atoms with van der Waals surface area (Å²) < 4.78 is 4.89. The van der Waals surface area contributed by atoms with Crippen LogP contribution in [0.25, 0.3) is 0 Å². The van der Waals surface area contributed by atoms with E-state index in [1.807, 2.05) is 30.3 Å². The van der Waals surface area contributed by atoms with E-state index in [-0.39, 0.29) is 5.91 Å². The van der Waals surface area contributed by atoms with Crippen LogP contribution in [-0.4, -0.2) is 56.2 Å². The van der Waals surface area contributed by atoms with Crippen molar-refractivity contribution in [1.29, 1.82) is 0 Å². The second-order valence-corrected chi connectivity index (χ2v) is 4.99. The van der Waals surface area contributed by atoms with Crippen molar-refractivity contribution < 1.29 is 9.53 Å². The minimum absolute atomic E-state index is 0.00346. The summed E-state index contributed by atoms with van der Waals surface area (Å²) in [4.78, 5) is 18.0. The number of hydrogen-bond donors (Lipinski definition) is 2. The molecule has 118 valence electrons. The molecule has 0 aromatic carbocycles. The highest BCUT2D eigenvalue weighted by molar-refractivity contribution is 5.77. The van der Waals surface area contributed by atoms with E-state index in [1.165, 1.54) is 0 Å². The SMILES string of the molecule is CCCNc1ccc(CN(C)CC(=O)NCCOC)cn1. The molecule has 6 nitrogen and oxygen atoms in total. The van der Waals surface area contributed by atoms with Gasteiger partial charge >= 0.3 is 0 Å². The van der Waals surface area contributed by atoms with Gasteiger partial charge in [-0.05, 0) is 25.1 Å². The van der Waals surface area contributed by atoms with Gasteiger partial charge in [-0.15, -0.1) is 0 Å². The zero-order valence-corrected chi connectivity index (χ0v) is 13.2. The van der Waals surface area contributed by atoms with Crippen molar-refractivity contribution in [1.82, 2.24) is 15.2 Å². The minimum atomic E-state index is 0.00346. The molecule has 0 radical (unpaired) electrons. The summed E-state index contributed by atoms with van der Waals surface area (Å²) >= 11 is 0. The molecule has 0 atom stereocenters. The lowest BCUT2D eigenvalue weighted by Crippen LogP contribution is -2.36. The monoisotopic (exact) mass is 294 g/mol. The fraction of sp³-hybridized carbons (Fsp3) is 0.600. The van der Waals surface area contributed by atoms with Crippen LogP contribution in [0.2, 0.25) is 0 Å². The van der Waals surface area contributed by atoms with Crippen LogP contribution in [0.5, 0.6) is 0 Å². The van der Waals surface area contributed by atoms with Crippen molar-refractivity contribution in [2.75, 3.05) is 45.7 Å². The number of pyridine rings is 1. The summed E-state index contributed by atoms with van der Waals surface area (Å²) in [5, 5.41) is 6.04. The van der Waals surface area contributed by atoms with Gasteiger partial charge in [-0.2, -0.15) is 0 Å². The first kappa shape index (κ1) is 17.4. The van der Waals surface area contributed by atoms with Crippen LogP contribution in [0, 0.1) is 0 Å². The van der Waals surface area contributed by atoms with E-state index in [1.54, 1.807) is 7.11 Å². The van der Waals surface area contributed by atoms with Crippen LogP contribution in [0.15, 0.2) is 18.3 Å². The smallest absolute Gasteiger partial charge is 0.234 e. The Morgan fingerprint density at radius 1 is 1.38 bits per heavy atom. The zero-order chi connectivity index (χ0) is 15.5. The average molecular weight is 294 g/mol. The predicted molar refractivity (Wildman–Crippen MR) is 84.2 cm³/mol. The summed E-state index contributed by atoms with van der Waals surface area (Å²) in [6.07, 6.45) is 2.92. The molecule has 1 aromatic rings. The molecule has 0 saturated heterocycles. The van der Waals surface area contributed by atoms with Gasteiger partial charge in [-0.1, -0.05) is 13.0 Å². The Morgan fingerprint density at radius 3 is 2.81 bits per heavy atom. The van der Waals surface area contributed by atoms with Crippen molar-refractivity contribution in [3.63, 3.8) is 0 Å². The van der Waals surface area contributed by atoms with E-state index in [9.17, 15) is 4.79 Å². The number of anilines is 1. The normalized spacial score (nSPS) is 10.7. The topological polar surface area (TPSA) is 66.5 Å². The van der Waals surface area contributed by atoms with Crippen molar-refractivity contribution in [3.8, 4) is 0 Å². The lowest BCUT2D eigenvalue weighted by atomic mass is 10.2. The molecule has 6 heteroatoms. The number of aromatic nitrogens is 1. The molecule has 0 bridgehead atoms. The van der Waals surface area contributed by atoms with Crippen LogP contribution in [-0.2, 0) is 16.1 Å². The third-order valence-electron chi connectivity index (χ3n) is 2.88. The van der Waals surface area contributed by atoms with Crippen molar-refractivity contribution >= 4 is 11.7 Å². The summed E-state index contributed by atoms with van der Waals surface area (Å²) in [5.41, 5.74) is 1.09. The molecular weight excluding hydrogens is 268 g/mol. The van der Waals surface area contributed by atoms with E-state index in [4.69, 9.17) is 4.74 Å². The van der Waals surface area contributed by atoms with Gasteiger partial charge in [0.25, 0.3) is 0 Å². The molecule has 2 N–H and O–H groups in total. The highest BCUT2D eigenvalue weighted by Gasteiger charge is 2.07. The summed E-state index contributed by atoms with van der Waals surface area (Å²) in [6.45, 7) is 5.17. The molecule has 0 aliphatic heterocycles. The molecule has 21 heavy (non-hydrogen) atoms. The van der Waals surface area contributed by atoms with Crippen LogP contribution in [0.4, 0.5) is 5.82 Å². The van der Waals surface area contributed by atoms with E-state index in [2.05, 4.69) is 22.5 Å². The average Bonchev–Trinajstić information content (AvgIpc) is 2.46. The molecule has 0 saturated carbocycles. The molecule has 1 rings (SSSR count). The van der Waals surface area contributed by atoms with Gasteiger partial charge in [-0.25, -0.2) is 4.98 Å². The Hall–Kier alpha value is -1.66. The molecule has 1 aromatic heterocycles. The van der Waals surface area contributed by atoms with E-state index in [0.29, 0.717) is 26.2 Å². The lowest BCUT2D eigenvalue weighted by molar-refractivity contribution is -0.122. The van der Waals surface area contributed by atoms with Gasteiger partial charge in [0, 0.05) is 32.9 Å². The number of nitrogens with zero attached hydrogens (tertiary/aromatic N) is 2. The number of ether oxygens (including phenoxy) is 1. The van der Waals surface area contributed by atoms with Gasteiger partial charge in [-0.3, -0.25) is 9.69 Å². The Labute approximate surface area is 126 Å². The Kier molecular flexibility index (Phi) is 8.38. The van der Waals surface area contributed by atoms with Crippen molar-refractivity contribution in [2.24, 2.45) is 0 Å². The number of hydrogen-bond acceptors (Lipinski definition) is 5. The fourth-order valence-corrected chi connectivity index (χ4v) is 1.84. The standard InChI is InChI=1S/C15H26N4O2/c1-4-7-16-14-6-5-13(10-18-14)11-19(2)12-15(20)17-8-9-21-3/h5-6,10H,4,7-9,11-12H2,1-3H3,(H,16,18)(H,17,20). The Bertz CT molecular complexity index is 409. The number of rotatable bonds is 10. The number of nitrogens with one attached hydrogen (secondary N) is 2. The van der Waals surface area contributed by atoms with Crippen molar-refractivity contribution in [2.45, 2.75) is 19.9 Å². The first-order valence-electron chi connectivity index (χ1n) is 7.28. The lowest BCUT2D eigenvalue weighted by Gasteiger charge is -2.16. The molecule has 1 amide bonds. The number of amides is 1. The summed E-state index contributed by atoms with van der Waals surface area (Å²) in [5.74, 6) is 0.893. The van der Waals surface area contributed by atoms with E-state index in [0.717, 1.165) is 24.3 Å². The molecule has 0 spiro atoms. The first-order chi connectivity index (χ1) is 10.2. The summed E-state index contributed by atoms with van der Waals surface area (Å²) in [7, 11) is 3.53. The van der Waals surface area contributed by atoms with Crippen LogP contribution in [0.1, 0.15) is 18.9 Å². The van der Waals surface area contributed by atoms with Gasteiger partial charge in [0.05, 0.1) is 13.2 Å². The molecule has 0 fully saturated rings.